The van der Waals surface area contributed by atoms with E-state index in [1.807, 2.05) is 18.2 Å². The second-order valence-electron chi connectivity index (χ2n) is 3.85. The van der Waals surface area contributed by atoms with Crippen molar-refractivity contribution in [3.63, 3.8) is 0 Å². The maximum Gasteiger partial charge on any atom is 0.0625 e. The molecule has 0 amide bonds. The zero-order valence-electron chi connectivity index (χ0n) is 9.04. The van der Waals surface area contributed by atoms with E-state index in [-0.39, 0.29) is 5.38 Å². The monoisotopic (exact) mass is 420 g/mol. The van der Waals surface area contributed by atoms with Gasteiger partial charge in [-0.1, -0.05) is 40.2 Å². The highest BCUT2D eigenvalue weighted by atomic mass is 127. The number of alkyl halides is 1. The molecule has 88 valence electrons. The molecule has 0 aliphatic rings. The molecule has 0 N–H and O–H groups in total. The molecule has 0 saturated heterocycles. The van der Waals surface area contributed by atoms with Crippen LogP contribution in [-0.2, 0) is 6.42 Å². The number of benzene rings is 2. The molecular weight excluding hydrogens is 410 g/mol. The molecule has 2 aromatic carbocycles. The summed E-state index contributed by atoms with van der Waals surface area (Å²) in [5.41, 5.74) is 2.44. The summed E-state index contributed by atoms with van der Waals surface area (Å²) < 4.78 is 2.32. The molecular formula is C14H11BrClI. The molecule has 0 heterocycles. The van der Waals surface area contributed by atoms with E-state index >= 15 is 0 Å². The normalized spacial score (nSPS) is 12.4. The van der Waals surface area contributed by atoms with Crippen molar-refractivity contribution < 1.29 is 0 Å². The van der Waals surface area contributed by atoms with Gasteiger partial charge in [-0.2, -0.15) is 0 Å². The number of hydrogen-bond acceptors (Lipinski definition) is 0. The first kappa shape index (κ1) is 13.4. The summed E-state index contributed by atoms with van der Waals surface area (Å²) >= 11 is 12.2. The van der Waals surface area contributed by atoms with Crippen molar-refractivity contribution in [1.82, 2.24) is 0 Å². The first-order chi connectivity index (χ1) is 8.15. The number of hydrogen-bond donors (Lipinski definition) is 0. The van der Waals surface area contributed by atoms with E-state index in [4.69, 9.17) is 11.6 Å². The van der Waals surface area contributed by atoms with Crippen LogP contribution in [0, 0.1) is 3.57 Å². The van der Waals surface area contributed by atoms with Gasteiger partial charge in [-0.05, 0) is 64.4 Å². The van der Waals surface area contributed by atoms with Crippen LogP contribution in [0.1, 0.15) is 16.5 Å². The van der Waals surface area contributed by atoms with Crippen LogP contribution in [0.3, 0.4) is 0 Å². The molecule has 1 unspecified atom stereocenters. The van der Waals surface area contributed by atoms with E-state index < -0.39 is 0 Å². The first-order valence-corrected chi connectivity index (χ1v) is 7.60. The lowest BCUT2D eigenvalue weighted by atomic mass is 10.0. The quantitative estimate of drug-likeness (QED) is 0.449. The summed E-state index contributed by atoms with van der Waals surface area (Å²) in [5.74, 6) is 0. The van der Waals surface area contributed by atoms with Crippen LogP contribution in [0.5, 0.6) is 0 Å². The third-order valence-corrected chi connectivity index (χ3v) is 4.14. The van der Waals surface area contributed by atoms with Gasteiger partial charge in [0.05, 0.1) is 5.38 Å². The molecule has 0 radical (unpaired) electrons. The Bertz CT molecular complexity index is 496. The van der Waals surface area contributed by atoms with Gasteiger partial charge in [0.2, 0.25) is 0 Å². The average molecular weight is 422 g/mol. The second kappa shape index (κ2) is 6.21. The average Bonchev–Trinajstić information content (AvgIpc) is 2.32. The Balaban J connectivity index is 2.11. The van der Waals surface area contributed by atoms with Crippen LogP contribution in [-0.4, -0.2) is 0 Å². The van der Waals surface area contributed by atoms with E-state index in [0.29, 0.717) is 0 Å². The summed E-state index contributed by atoms with van der Waals surface area (Å²) in [4.78, 5) is 0. The largest absolute Gasteiger partial charge is 0.117 e. The Kier molecular flexibility index (Phi) is 4.88. The summed E-state index contributed by atoms with van der Waals surface area (Å²) in [6, 6.07) is 16.7. The minimum absolute atomic E-state index is 0.0332. The third-order valence-electron chi connectivity index (χ3n) is 2.54. The SMILES string of the molecule is ClC(Cc1ccc(Br)cc1)c1cccc(I)c1. The van der Waals surface area contributed by atoms with Crippen LogP contribution < -0.4 is 0 Å². The van der Waals surface area contributed by atoms with Crippen LogP contribution in [0.2, 0.25) is 0 Å². The van der Waals surface area contributed by atoms with Gasteiger partial charge >= 0.3 is 0 Å². The molecule has 2 aromatic rings. The molecule has 2 rings (SSSR count). The highest BCUT2D eigenvalue weighted by Crippen LogP contribution is 2.26. The van der Waals surface area contributed by atoms with Gasteiger partial charge in [-0.25, -0.2) is 0 Å². The predicted molar refractivity (Wildman–Crippen MR) is 85.6 cm³/mol. The number of rotatable bonds is 3. The van der Waals surface area contributed by atoms with Crippen molar-refractivity contribution >= 4 is 50.1 Å². The summed E-state index contributed by atoms with van der Waals surface area (Å²) in [5, 5.41) is 0.0332. The molecule has 0 saturated carbocycles. The Morgan fingerprint density at radius 1 is 1.12 bits per heavy atom. The highest BCUT2D eigenvalue weighted by Gasteiger charge is 2.09. The lowest BCUT2D eigenvalue weighted by Gasteiger charge is -2.10. The first-order valence-electron chi connectivity index (χ1n) is 5.29. The van der Waals surface area contributed by atoms with Crippen LogP contribution in [0.15, 0.2) is 53.0 Å². The van der Waals surface area contributed by atoms with Crippen molar-refractivity contribution in [3.8, 4) is 0 Å². The van der Waals surface area contributed by atoms with Crippen molar-refractivity contribution in [1.29, 1.82) is 0 Å². The standard InChI is InChI=1S/C14H11BrClI/c15-12-6-4-10(5-7-12)8-14(16)11-2-1-3-13(17)9-11/h1-7,9,14H,8H2. The van der Waals surface area contributed by atoms with Crippen LogP contribution >= 0.6 is 50.1 Å². The maximum absolute atomic E-state index is 6.44. The van der Waals surface area contributed by atoms with Crippen molar-refractivity contribution in [2.75, 3.05) is 0 Å². The topological polar surface area (TPSA) is 0 Å². The van der Waals surface area contributed by atoms with Gasteiger partial charge in [0.25, 0.3) is 0 Å². The fourth-order valence-electron chi connectivity index (χ4n) is 1.65. The molecule has 0 aliphatic heterocycles. The molecule has 0 bridgehead atoms. The zero-order valence-corrected chi connectivity index (χ0v) is 13.5. The highest BCUT2D eigenvalue weighted by molar-refractivity contribution is 14.1. The summed E-state index contributed by atoms with van der Waals surface area (Å²) in [6.45, 7) is 0. The lowest BCUT2D eigenvalue weighted by Crippen LogP contribution is -1.96. The second-order valence-corrected chi connectivity index (χ2v) is 6.54. The molecule has 0 aliphatic carbocycles. The van der Waals surface area contributed by atoms with E-state index in [1.165, 1.54) is 14.7 Å². The molecule has 1 atom stereocenters. The third kappa shape index (κ3) is 3.97. The molecule has 0 aromatic heterocycles. The van der Waals surface area contributed by atoms with Gasteiger partial charge in [-0.3, -0.25) is 0 Å². The molecule has 17 heavy (non-hydrogen) atoms. The van der Waals surface area contributed by atoms with E-state index in [2.05, 4.69) is 68.9 Å². The van der Waals surface area contributed by atoms with Gasteiger partial charge < -0.3 is 0 Å². The zero-order chi connectivity index (χ0) is 12.3. The Morgan fingerprint density at radius 2 is 1.82 bits per heavy atom. The van der Waals surface area contributed by atoms with Crippen LogP contribution in [0.25, 0.3) is 0 Å². The van der Waals surface area contributed by atoms with E-state index in [9.17, 15) is 0 Å². The predicted octanol–water partition coefficient (Wildman–Crippen LogP) is 5.58. The smallest absolute Gasteiger partial charge is 0.0625 e. The van der Waals surface area contributed by atoms with Crippen molar-refractivity contribution in [2.24, 2.45) is 0 Å². The summed E-state index contributed by atoms with van der Waals surface area (Å²) in [7, 11) is 0. The van der Waals surface area contributed by atoms with Gasteiger partial charge in [0.15, 0.2) is 0 Å². The van der Waals surface area contributed by atoms with Crippen molar-refractivity contribution in [2.45, 2.75) is 11.8 Å². The molecule has 0 fully saturated rings. The Labute approximate surface area is 129 Å². The molecule has 3 heteroatoms. The fraction of sp³-hybridized carbons (Fsp3) is 0.143. The Hall–Kier alpha value is -0.0600. The van der Waals surface area contributed by atoms with E-state index in [0.717, 1.165) is 10.9 Å². The van der Waals surface area contributed by atoms with E-state index in [1.54, 1.807) is 0 Å². The minimum atomic E-state index is 0.0332. The van der Waals surface area contributed by atoms with Gasteiger partial charge in [-0.15, -0.1) is 11.6 Å². The minimum Gasteiger partial charge on any atom is -0.117 e. The van der Waals surface area contributed by atoms with Crippen LogP contribution in [0.4, 0.5) is 0 Å². The molecule has 0 nitrogen and oxygen atoms in total. The van der Waals surface area contributed by atoms with Gasteiger partial charge in [0, 0.05) is 8.04 Å². The lowest BCUT2D eigenvalue weighted by molar-refractivity contribution is 0.918. The number of halogens is 3. The van der Waals surface area contributed by atoms with Gasteiger partial charge in [0.1, 0.15) is 0 Å². The fourth-order valence-corrected chi connectivity index (χ4v) is 2.79. The maximum atomic E-state index is 6.44. The van der Waals surface area contributed by atoms with Crippen molar-refractivity contribution in [3.05, 3.63) is 67.7 Å². The summed E-state index contributed by atoms with van der Waals surface area (Å²) in [6.07, 6.45) is 0.856. The molecule has 0 spiro atoms. The Morgan fingerprint density at radius 3 is 2.47 bits per heavy atom.